The summed E-state index contributed by atoms with van der Waals surface area (Å²) in [4.78, 5) is 41.8. The molecular weight excluding hydrogens is 545 g/mol. The van der Waals surface area contributed by atoms with Gasteiger partial charge in [0.15, 0.2) is 0 Å². The molecule has 1 aliphatic heterocycles. The first kappa shape index (κ1) is 32.1. The van der Waals surface area contributed by atoms with E-state index in [-0.39, 0.29) is 23.8 Å². The van der Waals surface area contributed by atoms with E-state index in [0.717, 1.165) is 38.9 Å². The van der Waals surface area contributed by atoms with Crippen LogP contribution in [0.2, 0.25) is 0 Å². The van der Waals surface area contributed by atoms with Gasteiger partial charge in [-0.3, -0.25) is 19.3 Å². The number of pyridine rings is 1. The molecule has 230 valence electrons. The number of hydrogen-bond donors (Lipinski definition) is 1. The summed E-state index contributed by atoms with van der Waals surface area (Å²) in [5.41, 5.74) is 6.72. The van der Waals surface area contributed by atoms with Gasteiger partial charge in [-0.25, -0.2) is 4.39 Å². The van der Waals surface area contributed by atoms with E-state index in [1.54, 1.807) is 12.3 Å². The van der Waals surface area contributed by atoms with E-state index in [2.05, 4.69) is 31.3 Å². The van der Waals surface area contributed by atoms with Crippen molar-refractivity contribution in [2.75, 3.05) is 26.7 Å². The van der Waals surface area contributed by atoms with Gasteiger partial charge in [-0.05, 0) is 84.5 Å². The van der Waals surface area contributed by atoms with Crippen LogP contribution in [-0.2, 0) is 20.7 Å². The largest absolute Gasteiger partial charge is 0.469 e. The number of alkyl halides is 1. The lowest BCUT2D eigenvalue weighted by molar-refractivity contribution is -0.141. The molecule has 0 spiro atoms. The quantitative estimate of drug-likeness (QED) is 0.277. The zero-order valence-corrected chi connectivity index (χ0v) is 26.2. The van der Waals surface area contributed by atoms with Gasteiger partial charge >= 0.3 is 5.97 Å². The fraction of sp³-hybridized carbons (Fsp3) is 0.457. The number of likely N-dealkylation sites (tertiary alicyclic amines) is 1. The summed E-state index contributed by atoms with van der Waals surface area (Å²) >= 11 is 0. The van der Waals surface area contributed by atoms with Crippen molar-refractivity contribution in [1.29, 1.82) is 0 Å². The summed E-state index contributed by atoms with van der Waals surface area (Å²) < 4.78 is 19.8. The van der Waals surface area contributed by atoms with E-state index < -0.39 is 24.2 Å². The molecular formula is C35H44FN3O4. The number of esters is 1. The number of aromatic nitrogens is 1. The van der Waals surface area contributed by atoms with Crippen LogP contribution in [0.5, 0.6) is 0 Å². The van der Waals surface area contributed by atoms with E-state index in [0.29, 0.717) is 32.5 Å². The maximum absolute atomic E-state index is 14.0. The molecule has 2 unspecified atom stereocenters. The van der Waals surface area contributed by atoms with Crippen LogP contribution in [0.4, 0.5) is 4.39 Å². The van der Waals surface area contributed by atoms with Crippen LogP contribution in [0, 0.1) is 26.7 Å². The fourth-order valence-electron chi connectivity index (χ4n) is 5.90. The van der Waals surface area contributed by atoms with Crippen LogP contribution < -0.4 is 10.9 Å². The average Bonchev–Trinajstić information content (AvgIpc) is 2.94. The topological polar surface area (TPSA) is 80.6 Å². The first-order valence-corrected chi connectivity index (χ1v) is 15.1. The second-order valence-corrected chi connectivity index (χ2v) is 12.2. The third kappa shape index (κ3) is 7.99. The van der Waals surface area contributed by atoms with Gasteiger partial charge in [-0.1, -0.05) is 50.2 Å². The smallest absolute Gasteiger partial charge is 0.307 e. The highest BCUT2D eigenvalue weighted by atomic mass is 19.1. The summed E-state index contributed by atoms with van der Waals surface area (Å²) in [6.45, 7) is 11.6. The van der Waals surface area contributed by atoms with Gasteiger partial charge in [0.1, 0.15) is 12.2 Å². The Labute approximate surface area is 254 Å². The standard InChI is InChI=1S/C35H44FN3O4/c1-22(2)15-31(39-19-28(25(5)16-32(39)40)13-14-38-20-29(36)21-38)35(42)37-30(18-33(41)43-6)26-11-8-12-27(17-26)34-23(3)9-7-10-24(34)4/h7-12,16-17,19,22,29-31H,13-15,18,20-21H2,1-6H3,(H,37,42). The van der Waals surface area contributed by atoms with E-state index in [1.807, 2.05) is 56.0 Å². The highest BCUT2D eigenvalue weighted by Crippen LogP contribution is 2.30. The minimum absolute atomic E-state index is 0.0493. The minimum Gasteiger partial charge on any atom is -0.469 e. The number of ether oxygens (including phenoxy) is 1. The molecule has 0 aliphatic carbocycles. The van der Waals surface area contributed by atoms with Gasteiger partial charge in [-0.15, -0.1) is 0 Å². The molecule has 1 saturated heterocycles. The molecule has 8 heteroatoms. The molecule has 4 rings (SSSR count). The Balaban J connectivity index is 1.65. The lowest BCUT2D eigenvalue weighted by atomic mass is 9.92. The molecule has 7 nitrogen and oxygen atoms in total. The van der Waals surface area contributed by atoms with Gasteiger partial charge in [-0.2, -0.15) is 0 Å². The Bertz CT molecular complexity index is 1490. The number of hydrogen-bond acceptors (Lipinski definition) is 5. The summed E-state index contributed by atoms with van der Waals surface area (Å²) in [6, 6.07) is 14.2. The normalized spacial score (nSPS) is 15.2. The van der Waals surface area contributed by atoms with Crippen LogP contribution in [0.3, 0.4) is 0 Å². The molecule has 0 radical (unpaired) electrons. The number of nitrogens with one attached hydrogen (secondary N) is 1. The molecule has 2 atom stereocenters. The van der Waals surface area contributed by atoms with Crippen molar-refractivity contribution in [2.45, 2.75) is 72.1 Å². The molecule has 3 aromatic rings. The molecule has 1 amide bonds. The number of rotatable bonds is 12. The van der Waals surface area contributed by atoms with Gasteiger partial charge in [0.2, 0.25) is 5.91 Å². The second-order valence-electron chi connectivity index (χ2n) is 12.2. The van der Waals surface area contributed by atoms with E-state index in [1.165, 1.54) is 11.7 Å². The number of benzene rings is 2. The van der Waals surface area contributed by atoms with Crippen LogP contribution in [0.25, 0.3) is 11.1 Å². The highest BCUT2D eigenvalue weighted by Gasteiger charge is 2.29. The number of halogens is 1. The molecule has 0 bridgehead atoms. The first-order valence-electron chi connectivity index (χ1n) is 15.1. The number of carbonyl (C=O) groups is 2. The molecule has 0 saturated carbocycles. The number of aryl methyl sites for hydroxylation is 3. The number of carbonyl (C=O) groups excluding carboxylic acids is 2. The zero-order valence-electron chi connectivity index (χ0n) is 26.2. The molecule has 1 aliphatic rings. The highest BCUT2D eigenvalue weighted by molar-refractivity contribution is 5.82. The van der Waals surface area contributed by atoms with Crippen molar-refractivity contribution < 1.29 is 18.7 Å². The van der Waals surface area contributed by atoms with Crippen molar-refractivity contribution in [3.8, 4) is 11.1 Å². The minimum atomic E-state index is -0.770. The third-order valence-electron chi connectivity index (χ3n) is 8.31. The lowest BCUT2D eigenvalue weighted by Gasteiger charge is -2.34. The maximum Gasteiger partial charge on any atom is 0.307 e. The number of methoxy groups -OCH3 is 1. The van der Waals surface area contributed by atoms with Gasteiger partial charge < -0.3 is 14.6 Å². The van der Waals surface area contributed by atoms with Crippen molar-refractivity contribution in [3.63, 3.8) is 0 Å². The summed E-state index contributed by atoms with van der Waals surface area (Å²) in [7, 11) is 1.33. The van der Waals surface area contributed by atoms with Gasteiger partial charge in [0, 0.05) is 31.9 Å². The predicted octanol–water partition coefficient (Wildman–Crippen LogP) is 5.64. The van der Waals surface area contributed by atoms with E-state index in [4.69, 9.17) is 4.74 Å². The van der Waals surface area contributed by atoms with Crippen LogP contribution in [0.15, 0.2) is 59.5 Å². The Hall–Kier alpha value is -3.78. The molecule has 2 aromatic carbocycles. The van der Waals surface area contributed by atoms with Crippen LogP contribution >= 0.6 is 0 Å². The van der Waals surface area contributed by atoms with Crippen LogP contribution in [-0.4, -0.2) is 54.3 Å². The van der Waals surface area contributed by atoms with Crippen molar-refractivity contribution in [2.24, 2.45) is 5.92 Å². The average molecular weight is 590 g/mol. The Morgan fingerprint density at radius 1 is 1.02 bits per heavy atom. The summed E-state index contributed by atoms with van der Waals surface area (Å²) in [6.07, 6.45) is 2.07. The Morgan fingerprint density at radius 3 is 2.33 bits per heavy atom. The SMILES string of the molecule is COC(=O)CC(NC(=O)C(CC(C)C)n1cc(CCN2CC(F)C2)c(C)cc1=O)c1cccc(-c2c(C)cccc2C)c1. The third-order valence-corrected chi connectivity index (χ3v) is 8.31. The van der Waals surface area contributed by atoms with E-state index in [9.17, 15) is 18.8 Å². The van der Waals surface area contributed by atoms with Gasteiger partial charge in [0.25, 0.3) is 5.56 Å². The maximum atomic E-state index is 14.0. The molecule has 1 aromatic heterocycles. The Morgan fingerprint density at radius 2 is 1.70 bits per heavy atom. The molecule has 43 heavy (non-hydrogen) atoms. The molecule has 2 heterocycles. The number of nitrogens with zero attached hydrogens (tertiary/aromatic N) is 2. The fourth-order valence-corrected chi connectivity index (χ4v) is 5.90. The first-order chi connectivity index (χ1) is 20.5. The monoisotopic (exact) mass is 589 g/mol. The molecule has 1 N–H and O–H groups in total. The van der Waals surface area contributed by atoms with Crippen molar-refractivity contribution >= 4 is 11.9 Å². The summed E-state index contributed by atoms with van der Waals surface area (Å²) in [5.74, 6) is -0.652. The number of amides is 1. The van der Waals surface area contributed by atoms with Gasteiger partial charge in [0.05, 0.1) is 19.6 Å². The predicted molar refractivity (Wildman–Crippen MR) is 168 cm³/mol. The Kier molecular flexibility index (Phi) is 10.6. The zero-order chi connectivity index (χ0) is 31.3. The van der Waals surface area contributed by atoms with E-state index >= 15 is 0 Å². The van der Waals surface area contributed by atoms with Crippen molar-refractivity contribution in [1.82, 2.24) is 14.8 Å². The summed E-state index contributed by atoms with van der Waals surface area (Å²) in [5, 5.41) is 3.10. The second kappa shape index (κ2) is 14.1. The van der Waals surface area contributed by atoms with Crippen molar-refractivity contribution in [3.05, 3.63) is 92.9 Å². The van der Waals surface area contributed by atoms with Crippen LogP contribution in [0.1, 0.15) is 66.6 Å². The molecule has 1 fully saturated rings. The lowest BCUT2D eigenvalue weighted by Crippen LogP contribution is -2.49.